The molecule has 0 aliphatic carbocycles. The maximum Gasteiger partial charge on any atom is 0.251 e. The third-order valence-electron chi connectivity index (χ3n) is 4.90. The van der Waals surface area contributed by atoms with Gasteiger partial charge in [-0.25, -0.2) is 14.6 Å². The van der Waals surface area contributed by atoms with Gasteiger partial charge >= 0.3 is 0 Å². The highest BCUT2D eigenvalue weighted by Crippen LogP contribution is 2.20. The van der Waals surface area contributed by atoms with Crippen LogP contribution in [0.2, 0.25) is 0 Å². The summed E-state index contributed by atoms with van der Waals surface area (Å²) < 4.78 is 1.74. The van der Waals surface area contributed by atoms with E-state index in [2.05, 4.69) is 31.7 Å². The van der Waals surface area contributed by atoms with E-state index >= 15 is 0 Å². The second-order valence-corrected chi connectivity index (χ2v) is 6.84. The molecule has 146 valence electrons. The molecule has 0 atom stereocenters. The second-order valence-electron chi connectivity index (χ2n) is 6.84. The van der Waals surface area contributed by atoms with Crippen LogP contribution in [-0.4, -0.2) is 42.9 Å². The molecule has 0 unspecified atom stereocenters. The Bertz CT molecular complexity index is 1380. The zero-order valence-electron chi connectivity index (χ0n) is 16.1. The van der Waals surface area contributed by atoms with Crippen molar-refractivity contribution in [3.8, 4) is 11.3 Å². The molecule has 8 nitrogen and oxygen atoms in total. The molecule has 0 radical (unpaired) electrons. The van der Waals surface area contributed by atoms with Crippen LogP contribution in [0.5, 0.6) is 0 Å². The smallest absolute Gasteiger partial charge is 0.251 e. The van der Waals surface area contributed by atoms with E-state index in [1.165, 1.54) is 0 Å². The van der Waals surface area contributed by atoms with Gasteiger partial charge in [0, 0.05) is 29.8 Å². The maximum absolute atomic E-state index is 11.7. The second kappa shape index (κ2) is 7.32. The predicted molar refractivity (Wildman–Crippen MR) is 113 cm³/mol. The lowest BCUT2D eigenvalue weighted by atomic mass is 10.1. The van der Waals surface area contributed by atoms with Gasteiger partial charge in [-0.3, -0.25) is 9.78 Å². The molecule has 0 saturated carbocycles. The number of nitrogens with one attached hydrogen (secondary N) is 1. The fourth-order valence-electron chi connectivity index (χ4n) is 3.33. The van der Waals surface area contributed by atoms with Crippen LogP contribution < -0.4 is 5.32 Å². The summed E-state index contributed by atoms with van der Waals surface area (Å²) in [6.07, 6.45) is 3.45. The number of aromatic nitrogens is 6. The highest BCUT2D eigenvalue weighted by atomic mass is 16.1. The van der Waals surface area contributed by atoms with Crippen molar-refractivity contribution >= 4 is 28.1 Å². The lowest BCUT2D eigenvalue weighted by Crippen LogP contribution is -2.17. The van der Waals surface area contributed by atoms with Crippen LogP contribution in [0.15, 0.2) is 67.0 Å². The summed E-state index contributed by atoms with van der Waals surface area (Å²) in [7, 11) is 1.61. The van der Waals surface area contributed by atoms with Gasteiger partial charge < -0.3 is 5.32 Å². The quantitative estimate of drug-likeness (QED) is 0.502. The van der Waals surface area contributed by atoms with E-state index in [-0.39, 0.29) is 5.91 Å². The molecular weight excluding hydrogens is 378 g/mol. The SMILES string of the molecule is CNC(=O)c1ccc(-c2cnc3nnn(Cc4ccc5ncccc5c4)c3n2)cc1. The van der Waals surface area contributed by atoms with Crippen LogP contribution >= 0.6 is 0 Å². The van der Waals surface area contributed by atoms with Crippen LogP contribution in [0, 0.1) is 0 Å². The molecule has 0 aliphatic heterocycles. The van der Waals surface area contributed by atoms with Gasteiger partial charge in [-0.2, -0.15) is 0 Å². The molecule has 0 spiro atoms. The standard InChI is InChI=1S/C22H17N7O/c1-23-22(30)16-7-5-15(6-8-16)19-12-25-20-21(26-19)29(28-27-20)13-14-4-9-18-17(11-14)3-2-10-24-18/h2-12H,13H2,1H3,(H,23,30). The van der Waals surface area contributed by atoms with Gasteiger partial charge in [0.25, 0.3) is 5.91 Å². The number of hydrogen-bond acceptors (Lipinski definition) is 6. The van der Waals surface area contributed by atoms with Crippen LogP contribution in [0.1, 0.15) is 15.9 Å². The Morgan fingerprint density at radius 1 is 1.07 bits per heavy atom. The minimum Gasteiger partial charge on any atom is -0.355 e. The van der Waals surface area contributed by atoms with Crippen molar-refractivity contribution in [1.82, 2.24) is 35.3 Å². The molecule has 1 N–H and O–H groups in total. The Labute approximate surface area is 171 Å². The molecule has 30 heavy (non-hydrogen) atoms. The number of carbonyl (C=O) groups excluding carboxylic acids is 1. The van der Waals surface area contributed by atoms with Crippen molar-refractivity contribution in [1.29, 1.82) is 0 Å². The fraction of sp³-hybridized carbons (Fsp3) is 0.0909. The number of fused-ring (bicyclic) bond motifs is 2. The van der Waals surface area contributed by atoms with Crippen LogP contribution in [0.3, 0.4) is 0 Å². The van der Waals surface area contributed by atoms with Gasteiger partial charge in [-0.1, -0.05) is 29.5 Å². The summed E-state index contributed by atoms with van der Waals surface area (Å²) in [5.74, 6) is -0.129. The molecule has 3 aromatic heterocycles. The van der Waals surface area contributed by atoms with Gasteiger partial charge in [0.2, 0.25) is 5.65 Å². The Morgan fingerprint density at radius 3 is 2.77 bits per heavy atom. The van der Waals surface area contributed by atoms with Crippen molar-refractivity contribution in [2.45, 2.75) is 6.54 Å². The van der Waals surface area contributed by atoms with Crippen LogP contribution in [0.25, 0.3) is 33.5 Å². The van der Waals surface area contributed by atoms with Crippen LogP contribution in [0.4, 0.5) is 0 Å². The summed E-state index contributed by atoms with van der Waals surface area (Å²) in [5, 5.41) is 12.0. The molecule has 0 fully saturated rings. The topological polar surface area (TPSA) is 98.5 Å². The highest BCUT2D eigenvalue weighted by molar-refractivity contribution is 5.94. The zero-order valence-corrected chi connectivity index (χ0v) is 16.1. The monoisotopic (exact) mass is 395 g/mol. The molecule has 5 rings (SSSR count). The molecule has 3 heterocycles. The average molecular weight is 395 g/mol. The number of nitrogens with zero attached hydrogens (tertiary/aromatic N) is 6. The molecule has 8 heteroatoms. The van der Waals surface area contributed by atoms with E-state index in [1.807, 2.05) is 36.4 Å². The molecule has 0 bridgehead atoms. The van der Waals surface area contributed by atoms with Crippen molar-refractivity contribution in [2.24, 2.45) is 0 Å². The first-order valence-electron chi connectivity index (χ1n) is 9.44. The summed E-state index contributed by atoms with van der Waals surface area (Å²) >= 11 is 0. The zero-order chi connectivity index (χ0) is 20.5. The van der Waals surface area contributed by atoms with Gasteiger partial charge in [-0.05, 0) is 35.9 Å². The molecular formula is C22H17N7O. The van der Waals surface area contributed by atoms with Gasteiger partial charge in [0.1, 0.15) is 0 Å². The van der Waals surface area contributed by atoms with Crippen LogP contribution in [-0.2, 0) is 6.54 Å². The first-order valence-corrected chi connectivity index (χ1v) is 9.44. The van der Waals surface area contributed by atoms with Gasteiger partial charge in [0.05, 0.1) is 24.0 Å². The summed E-state index contributed by atoms with van der Waals surface area (Å²) in [6, 6.07) is 17.3. The maximum atomic E-state index is 11.7. The third kappa shape index (κ3) is 3.24. The Morgan fingerprint density at radius 2 is 1.93 bits per heavy atom. The van der Waals surface area contributed by atoms with Gasteiger partial charge in [-0.15, -0.1) is 5.10 Å². The minimum absolute atomic E-state index is 0.129. The highest BCUT2D eigenvalue weighted by Gasteiger charge is 2.11. The van der Waals surface area contributed by atoms with E-state index < -0.39 is 0 Å². The number of amides is 1. The summed E-state index contributed by atoms with van der Waals surface area (Å²) in [5.41, 5.74) is 5.26. The summed E-state index contributed by atoms with van der Waals surface area (Å²) in [6.45, 7) is 0.523. The molecule has 1 amide bonds. The largest absolute Gasteiger partial charge is 0.355 e. The van der Waals surface area contributed by atoms with E-state index in [1.54, 1.807) is 36.3 Å². The predicted octanol–water partition coefficient (Wildman–Crippen LogP) is 2.84. The summed E-state index contributed by atoms with van der Waals surface area (Å²) in [4.78, 5) is 25.2. The molecule has 0 aliphatic rings. The average Bonchev–Trinajstić information content (AvgIpc) is 3.20. The number of carbonyl (C=O) groups is 1. The lowest BCUT2D eigenvalue weighted by molar-refractivity contribution is 0.0963. The molecule has 2 aromatic carbocycles. The Balaban J connectivity index is 1.48. The first-order chi connectivity index (χ1) is 14.7. The third-order valence-corrected chi connectivity index (χ3v) is 4.90. The number of pyridine rings is 1. The molecule has 0 saturated heterocycles. The van der Waals surface area contributed by atoms with E-state index in [0.717, 1.165) is 22.0 Å². The minimum atomic E-state index is -0.129. The Kier molecular flexibility index (Phi) is 4.36. The number of hydrogen-bond donors (Lipinski definition) is 1. The Hall–Kier alpha value is -4.20. The van der Waals surface area contributed by atoms with Crippen molar-refractivity contribution in [3.05, 3.63) is 78.1 Å². The molecule has 5 aromatic rings. The lowest BCUT2D eigenvalue weighted by Gasteiger charge is -2.06. The number of rotatable bonds is 4. The first kappa shape index (κ1) is 17.9. The number of benzene rings is 2. The normalized spacial score (nSPS) is 11.1. The van der Waals surface area contributed by atoms with Gasteiger partial charge in [0.15, 0.2) is 5.65 Å². The fourth-order valence-corrected chi connectivity index (χ4v) is 3.33. The van der Waals surface area contributed by atoms with E-state index in [4.69, 9.17) is 4.98 Å². The van der Waals surface area contributed by atoms with Crippen molar-refractivity contribution in [2.75, 3.05) is 7.05 Å². The van der Waals surface area contributed by atoms with E-state index in [0.29, 0.717) is 29.1 Å². The van der Waals surface area contributed by atoms with Crippen molar-refractivity contribution < 1.29 is 4.79 Å². The van der Waals surface area contributed by atoms with E-state index in [9.17, 15) is 4.79 Å². The van der Waals surface area contributed by atoms with Crippen molar-refractivity contribution in [3.63, 3.8) is 0 Å².